The molecule has 1 aliphatic heterocycles. The van der Waals surface area contributed by atoms with Gasteiger partial charge in [-0.2, -0.15) is 9.41 Å². The van der Waals surface area contributed by atoms with Crippen LogP contribution in [0.15, 0.2) is 46.4 Å². The van der Waals surface area contributed by atoms with E-state index in [0.717, 1.165) is 12.5 Å². The molecule has 2 aromatic carbocycles. The van der Waals surface area contributed by atoms with Crippen LogP contribution in [-0.2, 0) is 10.0 Å². The number of benzene rings is 2. The summed E-state index contributed by atoms with van der Waals surface area (Å²) < 4.78 is 29.0. The van der Waals surface area contributed by atoms with E-state index in [-0.39, 0.29) is 38.8 Å². The number of nitro benzene ring substituents is 2. The second-order valence-electron chi connectivity index (χ2n) is 10.8. The molecule has 1 saturated heterocycles. The summed E-state index contributed by atoms with van der Waals surface area (Å²) >= 11 is 0. The minimum absolute atomic E-state index is 0.0114. The van der Waals surface area contributed by atoms with Crippen molar-refractivity contribution in [2.24, 2.45) is 15.9 Å². The SMILES string of the molecule is CN(C)c1ccc(/C=N\Nc2ccc([N+](=O)[O-])cc2S(=O)(=O)N2C[C@@]3(C)C[C@H]2CC3(C)C)cc1[N+](=O)[O-]. The average molecular weight is 531 g/mol. The lowest BCUT2D eigenvalue weighted by Gasteiger charge is -2.42. The van der Waals surface area contributed by atoms with E-state index in [1.165, 1.54) is 28.7 Å². The highest BCUT2D eigenvalue weighted by Crippen LogP contribution is 2.60. The molecule has 0 aromatic heterocycles. The summed E-state index contributed by atoms with van der Waals surface area (Å²) in [4.78, 5) is 23.1. The zero-order valence-electron chi connectivity index (χ0n) is 21.3. The molecule has 0 amide bonds. The van der Waals surface area contributed by atoms with Crippen LogP contribution in [0.5, 0.6) is 0 Å². The molecule has 1 saturated carbocycles. The van der Waals surface area contributed by atoms with Crippen LogP contribution >= 0.6 is 0 Å². The van der Waals surface area contributed by atoms with Gasteiger partial charge in [-0.1, -0.05) is 26.8 Å². The van der Waals surface area contributed by atoms with Crippen LogP contribution in [-0.4, -0.2) is 55.5 Å². The topological polar surface area (TPSA) is 151 Å². The number of hydrazone groups is 1. The number of sulfonamides is 1. The van der Waals surface area contributed by atoms with Gasteiger partial charge < -0.3 is 4.90 Å². The summed E-state index contributed by atoms with van der Waals surface area (Å²) in [6, 6.07) is 7.96. The fourth-order valence-corrected chi connectivity index (χ4v) is 7.23. The third-order valence-electron chi connectivity index (χ3n) is 7.82. The van der Waals surface area contributed by atoms with Gasteiger partial charge in [-0.3, -0.25) is 25.7 Å². The third-order valence-corrected chi connectivity index (χ3v) is 9.76. The van der Waals surface area contributed by atoms with Crippen molar-refractivity contribution in [2.45, 2.75) is 44.6 Å². The molecule has 12 nitrogen and oxygen atoms in total. The number of anilines is 2. The average Bonchev–Trinajstić information content (AvgIpc) is 3.27. The Kier molecular flexibility index (Phi) is 6.49. The van der Waals surface area contributed by atoms with Crippen LogP contribution in [0.2, 0.25) is 0 Å². The zero-order valence-corrected chi connectivity index (χ0v) is 22.2. The Hall–Kier alpha value is -3.58. The summed E-state index contributed by atoms with van der Waals surface area (Å²) in [5.74, 6) is 0. The molecule has 2 aliphatic rings. The maximum absolute atomic E-state index is 13.8. The van der Waals surface area contributed by atoms with E-state index in [1.54, 1.807) is 31.1 Å². The lowest BCUT2D eigenvalue weighted by molar-refractivity contribution is -0.385. The molecule has 0 unspecified atom stereocenters. The first kappa shape index (κ1) is 26.5. The van der Waals surface area contributed by atoms with Crippen molar-refractivity contribution in [3.8, 4) is 0 Å². The number of hydrogen-bond donors (Lipinski definition) is 1. The zero-order chi connectivity index (χ0) is 27.3. The van der Waals surface area contributed by atoms with Crippen molar-refractivity contribution in [2.75, 3.05) is 31.0 Å². The molecule has 2 fully saturated rings. The van der Waals surface area contributed by atoms with Gasteiger partial charge in [0.1, 0.15) is 10.6 Å². The number of nitrogens with one attached hydrogen (secondary N) is 1. The normalized spacial score (nSPS) is 22.9. The third kappa shape index (κ3) is 4.64. The van der Waals surface area contributed by atoms with E-state index < -0.39 is 19.9 Å². The number of non-ortho nitro benzene ring substituents is 1. The van der Waals surface area contributed by atoms with Gasteiger partial charge in [-0.15, -0.1) is 0 Å². The number of piperidine rings is 1. The monoisotopic (exact) mass is 530 g/mol. The number of hydrogen-bond acceptors (Lipinski definition) is 9. The fraction of sp³-hybridized carbons (Fsp3) is 0.458. The summed E-state index contributed by atoms with van der Waals surface area (Å²) in [5, 5.41) is 27.0. The van der Waals surface area contributed by atoms with Gasteiger partial charge >= 0.3 is 0 Å². The summed E-state index contributed by atoms with van der Waals surface area (Å²) in [6.07, 6.45) is 2.77. The van der Waals surface area contributed by atoms with E-state index >= 15 is 0 Å². The largest absolute Gasteiger partial charge is 0.372 e. The van der Waals surface area contributed by atoms with Crippen molar-refractivity contribution < 1.29 is 18.3 Å². The smallest absolute Gasteiger partial charge is 0.293 e. The number of fused-ring (bicyclic) bond motifs is 2. The van der Waals surface area contributed by atoms with Gasteiger partial charge in [0, 0.05) is 50.4 Å². The lowest BCUT2D eigenvalue weighted by atomic mass is 9.69. The molecule has 2 aromatic rings. The Morgan fingerprint density at radius 1 is 1.08 bits per heavy atom. The van der Waals surface area contributed by atoms with Crippen molar-refractivity contribution in [3.63, 3.8) is 0 Å². The fourth-order valence-electron chi connectivity index (χ4n) is 5.32. The predicted octanol–water partition coefficient (Wildman–Crippen LogP) is 4.21. The first-order valence-corrected chi connectivity index (χ1v) is 13.2. The molecule has 2 bridgehead atoms. The molecule has 1 heterocycles. The van der Waals surface area contributed by atoms with Gasteiger partial charge in [0.15, 0.2) is 0 Å². The summed E-state index contributed by atoms with van der Waals surface area (Å²) in [6.45, 7) is 6.70. The van der Waals surface area contributed by atoms with Crippen LogP contribution in [0.3, 0.4) is 0 Å². The maximum Gasteiger partial charge on any atom is 0.293 e. The van der Waals surface area contributed by atoms with Crippen molar-refractivity contribution in [1.29, 1.82) is 0 Å². The highest BCUT2D eigenvalue weighted by atomic mass is 32.2. The summed E-state index contributed by atoms with van der Waals surface area (Å²) in [7, 11) is -0.683. The molecule has 1 N–H and O–H groups in total. The van der Waals surface area contributed by atoms with E-state index in [9.17, 15) is 28.6 Å². The first-order valence-electron chi connectivity index (χ1n) is 11.7. The highest BCUT2D eigenvalue weighted by Gasteiger charge is 2.60. The molecule has 4 rings (SSSR count). The van der Waals surface area contributed by atoms with Gasteiger partial charge in [0.2, 0.25) is 10.0 Å². The standard InChI is InChI=1S/C24H30N6O6S/c1-23(2)12-18-13-24(23,3)15-28(18)37(35,36)22-11-17(29(31)32)7-8-19(22)26-25-14-16-6-9-20(27(4)5)21(10-16)30(33)34/h6-11,14,18,26H,12-13,15H2,1-5H3/b25-14-/t18-,24-/m1/s1. The van der Waals surface area contributed by atoms with Crippen LogP contribution in [0.25, 0.3) is 0 Å². The van der Waals surface area contributed by atoms with Gasteiger partial charge in [-0.05, 0) is 35.8 Å². The Morgan fingerprint density at radius 3 is 2.32 bits per heavy atom. The second-order valence-corrected chi connectivity index (χ2v) is 12.6. The van der Waals surface area contributed by atoms with Gasteiger partial charge in [-0.25, -0.2) is 8.42 Å². The molecule has 1 aliphatic carbocycles. The van der Waals surface area contributed by atoms with E-state index in [4.69, 9.17) is 0 Å². The molecule has 2 atom stereocenters. The Bertz CT molecular complexity index is 1400. The minimum atomic E-state index is -4.08. The maximum atomic E-state index is 13.8. The number of rotatable bonds is 8. The van der Waals surface area contributed by atoms with Crippen LogP contribution < -0.4 is 10.3 Å². The molecule has 198 valence electrons. The van der Waals surface area contributed by atoms with Crippen LogP contribution in [0, 0.1) is 31.1 Å². The lowest BCUT2D eigenvalue weighted by Crippen LogP contribution is -2.46. The van der Waals surface area contributed by atoms with E-state index in [0.29, 0.717) is 24.2 Å². The van der Waals surface area contributed by atoms with Crippen LogP contribution in [0.4, 0.5) is 22.7 Å². The molecule has 37 heavy (non-hydrogen) atoms. The molecule has 13 heteroatoms. The molecular formula is C24H30N6O6S. The van der Waals surface area contributed by atoms with Gasteiger partial charge in [0.05, 0.1) is 21.7 Å². The predicted molar refractivity (Wildman–Crippen MR) is 141 cm³/mol. The Labute approximate surface area is 215 Å². The second kappa shape index (κ2) is 9.06. The molecule has 0 radical (unpaired) electrons. The van der Waals surface area contributed by atoms with Crippen LogP contribution in [0.1, 0.15) is 39.2 Å². The number of nitro groups is 2. The van der Waals surface area contributed by atoms with E-state index in [2.05, 4.69) is 31.3 Å². The quantitative estimate of drug-likeness (QED) is 0.303. The number of nitrogens with zero attached hydrogens (tertiary/aromatic N) is 5. The summed E-state index contributed by atoms with van der Waals surface area (Å²) in [5.41, 5.74) is 2.94. The highest BCUT2D eigenvalue weighted by molar-refractivity contribution is 7.89. The van der Waals surface area contributed by atoms with E-state index in [1.807, 2.05) is 0 Å². The van der Waals surface area contributed by atoms with Crippen molar-refractivity contribution >= 4 is 39.0 Å². The van der Waals surface area contributed by atoms with Crippen molar-refractivity contribution in [3.05, 3.63) is 62.2 Å². The Morgan fingerprint density at radius 2 is 1.78 bits per heavy atom. The Balaban J connectivity index is 1.66. The van der Waals surface area contributed by atoms with Gasteiger partial charge in [0.25, 0.3) is 11.4 Å². The first-order chi connectivity index (χ1) is 17.2. The molecular weight excluding hydrogens is 500 g/mol. The minimum Gasteiger partial charge on any atom is -0.372 e. The molecule has 0 spiro atoms. The van der Waals surface area contributed by atoms with Crippen molar-refractivity contribution in [1.82, 2.24) is 4.31 Å².